The SMILES string of the molecule is CCCCCCCCCCCCn1cc[n+](CCCCCCCCCCCC)c1CCCCCCCCCCC.[Br-]. The monoisotopic (exact) mass is 639 g/mol. The van der Waals surface area contributed by atoms with Crippen molar-refractivity contribution < 1.29 is 21.5 Å². The van der Waals surface area contributed by atoms with E-state index in [9.17, 15) is 0 Å². The fourth-order valence-electron chi connectivity index (χ4n) is 6.33. The Kier molecular flexibility index (Phi) is 32.4. The molecule has 0 aliphatic heterocycles. The van der Waals surface area contributed by atoms with Gasteiger partial charge in [0.2, 0.25) is 0 Å². The molecule has 0 saturated carbocycles. The normalized spacial score (nSPS) is 11.3. The van der Waals surface area contributed by atoms with Gasteiger partial charge in [-0.25, -0.2) is 9.13 Å². The van der Waals surface area contributed by atoms with E-state index in [-0.39, 0.29) is 17.0 Å². The van der Waals surface area contributed by atoms with E-state index in [0.717, 1.165) is 0 Å². The highest BCUT2D eigenvalue weighted by molar-refractivity contribution is 4.84. The molecule has 0 fully saturated rings. The van der Waals surface area contributed by atoms with Gasteiger partial charge in [-0.3, -0.25) is 0 Å². The second kappa shape index (κ2) is 32.6. The molecular weight excluding hydrogens is 564 g/mol. The molecule has 0 saturated heterocycles. The molecule has 0 amide bonds. The molecule has 0 bridgehead atoms. The molecule has 1 heterocycles. The Morgan fingerprint density at radius 1 is 0.439 bits per heavy atom. The van der Waals surface area contributed by atoms with Crippen LogP contribution in [0, 0.1) is 0 Å². The fraction of sp³-hybridized carbons (Fsp3) is 0.921. The number of rotatable bonds is 32. The Bertz CT molecular complexity index is 584. The molecule has 41 heavy (non-hydrogen) atoms. The predicted molar refractivity (Wildman–Crippen MR) is 179 cm³/mol. The van der Waals surface area contributed by atoms with Gasteiger partial charge in [0, 0.05) is 6.42 Å². The molecule has 0 unspecified atom stereocenters. The average Bonchev–Trinajstić information content (AvgIpc) is 3.35. The molecule has 1 aromatic rings. The number of unbranched alkanes of at least 4 members (excludes halogenated alkanes) is 26. The van der Waals surface area contributed by atoms with E-state index in [1.807, 2.05) is 0 Å². The van der Waals surface area contributed by atoms with E-state index >= 15 is 0 Å². The van der Waals surface area contributed by atoms with Gasteiger partial charge in [-0.1, -0.05) is 175 Å². The van der Waals surface area contributed by atoms with Crippen molar-refractivity contribution in [1.29, 1.82) is 0 Å². The minimum Gasteiger partial charge on any atom is -1.00 e. The van der Waals surface area contributed by atoms with Crippen molar-refractivity contribution in [2.24, 2.45) is 0 Å². The third kappa shape index (κ3) is 24.8. The molecule has 0 aliphatic carbocycles. The summed E-state index contributed by atoms with van der Waals surface area (Å²) >= 11 is 0. The first kappa shape index (κ1) is 40.7. The standard InChI is InChI=1S/C38H75N2.BrH/c1-4-7-10-13-16-19-22-25-28-31-34-39-36-37-40(35-32-29-26-23-20-17-14-11-8-5-2)38(39)33-30-27-24-21-18-15-12-9-6-3;/h36-37H,4-35H2,1-3H3;1H/q+1;/p-1. The van der Waals surface area contributed by atoms with Crippen LogP contribution < -0.4 is 21.5 Å². The number of hydrogen-bond acceptors (Lipinski definition) is 0. The molecule has 0 aromatic carbocycles. The van der Waals surface area contributed by atoms with Gasteiger partial charge in [0.15, 0.2) is 0 Å². The van der Waals surface area contributed by atoms with Gasteiger partial charge >= 0.3 is 0 Å². The summed E-state index contributed by atoms with van der Waals surface area (Å²) in [6, 6.07) is 0. The lowest BCUT2D eigenvalue weighted by atomic mass is 10.1. The van der Waals surface area contributed by atoms with Gasteiger partial charge < -0.3 is 17.0 Å². The van der Waals surface area contributed by atoms with Crippen LogP contribution >= 0.6 is 0 Å². The van der Waals surface area contributed by atoms with Crippen LogP contribution in [-0.4, -0.2) is 4.57 Å². The number of imidazole rings is 1. The number of halogens is 1. The summed E-state index contributed by atoms with van der Waals surface area (Å²) in [6.45, 7) is 9.40. The van der Waals surface area contributed by atoms with Gasteiger partial charge in [-0.15, -0.1) is 0 Å². The van der Waals surface area contributed by atoms with Gasteiger partial charge in [0.05, 0.1) is 13.1 Å². The Morgan fingerprint density at radius 2 is 0.780 bits per heavy atom. The van der Waals surface area contributed by atoms with Gasteiger partial charge in [-0.2, -0.15) is 0 Å². The van der Waals surface area contributed by atoms with Gasteiger partial charge in [-0.05, 0) is 32.1 Å². The van der Waals surface area contributed by atoms with Crippen LogP contribution in [0.2, 0.25) is 0 Å². The van der Waals surface area contributed by atoms with Crippen molar-refractivity contribution in [1.82, 2.24) is 4.57 Å². The summed E-state index contributed by atoms with van der Waals surface area (Å²) in [5.41, 5.74) is 0. The third-order valence-electron chi connectivity index (χ3n) is 9.10. The Balaban J connectivity index is 0.0000160. The predicted octanol–water partition coefficient (Wildman–Crippen LogP) is 9.69. The van der Waals surface area contributed by atoms with Crippen LogP contribution in [0.3, 0.4) is 0 Å². The van der Waals surface area contributed by atoms with E-state index in [2.05, 4.69) is 42.3 Å². The summed E-state index contributed by atoms with van der Waals surface area (Å²) in [5, 5.41) is 0. The van der Waals surface area contributed by atoms with E-state index < -0.39 is 0 Å². The van der Waals surface area contributed by atoms with Crippen molar-refractivity contribution >= 4 is 0 Å². The second-order valence-corrected chi connectivity index (χ2v) is 13.0. The van der Waals surface area contributed by atoms with Crippen LogP contribution in [0.15, 0.2) is 12.4 Å². The lowest BCUT2D eigenvalue weighted by Gasteiger charge is -2.07. The van der Waals surface area contributed by atoms with Crippen molar-refractivity contribution in [3.63, 3.8) is 0 Å². The number of nitrogens with zero attached hydrogens (tertiary/aromatic N) is 2. The van der Waals surface area contributed by atoms with E-state index in [4.69, 9.17) is 0 Å². The number of hydrogen-bond donors (Lipinski definition) is 0. The lowest BCUT2D eigenvalue weighted by molar-refractivity contribution is -0.704. The van der Waals surface area contributed by atoms with E-state index in [0.29, 0.717) is 0 Å². The molecule has 0 atom stereocenters. The highest BCUT2D eigenvalue weighted by Gasteiger charge is 2.16. The van der Waals surface area contributed by atoms with Crippen LogP contribution in [0.1, 0.15) is 213 Å². The maximum absolute atomic E-state index is 2.63. The van der Waals surface area contributed by atoms with Crippen molar-refractivity contribution in [3.05, 3.63) is 18.2 Å². The van der Waals surface area contributed by atoms with Crippen molar-refractivity contribution in [2.75, 3.05) is 0 Å². The smallest absolute Gasteiger partial charge is 0.256 e. The Hall–Kier alpha value is -0.310. The summed E-state index contributed by atoms with van der Waals surface area (Å²) in [5.74, 6) is 1.62. The van der Waals surface area contributed by atoms with Crippen LogP contribution in [0.4, 0.5) is 0 Å². The zero-order valence-electron chi connectivity index (χ0n) is 28.6. The van der Waals surface area contributed by atoms with Crippen LogP contribution in [-0.2, 0) is 19.5 Å². The first-order valence-electron chi connectivity index (χ1n) is 18.9. The molecule has 0 spiro atoms. The Morgan fingerprint density at radius 3 is 1.20 bits per heavy atom. The summed E-state index contributed by atoms with van der Waals surface area (Å²) in [6.07, 6.45) is 47.4. The molecule has 0 aliphatic rings. The molecule has 244 valence electrons. The van der Waals surface area contributed by atoms with Crippen molar-refractivity contribution in [2.45, 2.75) is 226 Å². The van der Waals surface area contributed by atoms with Gasteiger partial charge in [0.1, 0.15) is 12.4 Å². The molecule has 2 nitrogen and oxygen atoms in total. The molecule has 0 N–H and O–H groups in total. The third-order valence-corrected chi connectivity index (χ3v) is 9.10. The average molecular weight is 640 g/mol. The maximum Gasteiger partial charge on any atom is 0.256 e. The Labute approximate surface area is 270 Å². The first-order valence-corrected chi connectivity index (χ1v) is 18.9. The zero-order chi connectivity index (χ0) is 28.8. The van der Waals surface area contributed by atoms with Crippen LogP contribution in [0.5, 0.6) is 0 Å². The molecule has 1 rings (SSSR count). The zero-order valence-corrected chi connectivity index (χ0v) is 30.1. The van der Waals surface area contributed by atoms with Crippen molar-refractivity contribution in [3.8, 4) is 0 Å². The molecular formula is C38H75BrN2. The second-order valence-electron chi connectivity index (χ2n) is 13.0. The molecule has 0 radical (unpaired) electrons. The minimum atomic E-state index is 0. The summed E-state index contributed by atoms with van der Waals surface area (Å²) in [4.78, 5) is 0. The quantitative estimate of drug-likeness (QED) is 0.0548. The topological polar surface area (TPSA) is 8.81 Å². The summed E-state index contributed by atoms with van der Waals surface area (Å²) < 4.78 is 5.26. The number of aryl methyl sites for hydroxylation is 2. The van der Waals surface area contributed by atoms with E-state index in [1.165, 1.54) is 206 Å². The van der Waals surface area contributed by atoms with E-state index in [1.54, 1.807) is 5.82 Å². The molecule has 1 aromatic heterocycles. The highest BCUT2D eigenvalue weighted by atomic mass is 79.9. The lowest BCUT2D eigenvalue weighted by Crippen LogP contribution is -3.00. The maximum atomic E-state index is 2.63. The largest absolute Gasteiger partial charge is 1.00 e. The van der Waals surface area contributed by atoms with Gasteiger partial charge in [0.25, 0.3) is 5.82 Å². The fourth-order valence-corrected chi connectivity index (χ4v) is 6.33. The minimum absolute atomic E-state index is 0. The summed E-state index contributed by atoms with van der Waals surface area (Å²) in [7, 11) is 0. The van der Waals surface area contributed by atoms with Crippen LogP contribution in [0.25, 0.3) is 0 Å². The number of aromatic nitrogens is 2. The highest BCUT2D eigenvalue weighted by Crippen LogP contribution is 2.15. The first-order chi connectivity index (χ1) is 19.8. The molecule has 3 heteroatoms.